The highest BCUT2D eigenvalue weighted by Gasteiger charge is 1.93. The van der Waals surface area contributed by atoms with Gasteiger partial charge in [-0.1, -0.05) is 6.07 Å². The van der Waals surface area contributed by atoms with E-state index in [0.29, 0.717) is 0 Å². The first kappa shape index (κ1) is 11.5. The van der Waals surface area contributed by atoms with Crippen LogP contribution in [0.2, 0.25) is 0 Å². The van der Waals surface area contributed by atoms with Crippen molar-refractivity contribution in [3.05, 3.63) is 22.8 Å². The Morgan fingerprint density at radius 3 is 2.86 bits per heavy atom. The molecule has 0 saturated heterocycles. The fourth-order valence-electron chi connectivity index (χ4n) is 1.14. The lowest BCUT2D eigenvalue weighted by atomic mass is 10.2. The predicted octanol–water partition coefficient (Wildman–Crippen LogP) is 2.42. The molecule has 0 aromatic carbocycles. The molecule has 0 unspecified atom stereocenters. The molecule has 1 heterocycles. The standard InChI is InChI=1S/C10H15BrN2O/c11-9-5-4-6-10(13-9)12-7-2-1-3-8-14/h4-6,14H,1-3,7-8H2,(H,12,13). The minimum absolute atomic E-state index is 0.287. The van der Waals surface area contributed by atoms with Crippen molar-refractivity contribution in [2.24, 2.45) is 0 Å². The van der Waals surface area contributed by atoms with Crippen LogP contribution in [0.25, 0.3) is 0 Å². The van der Waals surface area contributed by atoms with Gasteiger partial charge >= 0.3 is 0 Å². The van der Waals surface area contributed by atoms with Gasteiger partial charge in [0.05, 0.1) is 0 Å². The topological polar surface area (TPSA) is 45.1 Å². The highest BCUT2D eigenvalue weighted by molar-refractivity contribution is 9.10. The Hall–Kier alpha value is -0.610. The lowest BCUT2D eigenvalue weighted by Crippen LogP contribution is -2.03. The number of unbranched alkanes of at least 4 members (excludes halogenated alkanes) is 2. The van der Waals surface area contributed by atoms with Crippen LogP contribution in [0.15, 0.2) is 22.8 Å². The minimum Gasteiger partial charge on any atom is -0.396 e. The summed E-state index contributed by atoms with van der Waals surface area (Å²) < 4.78 is 0.845. The second kappa shape index (κ2) is 6.79. The van der Waals surface area contributed by atoms with E-state index in [4.69, 9.17) is 5.11 Å². The molecule has 1 rings (SSSR count). The first-order chi connectivity index (χ1) is 6.83. The molecule has 1 aromatic heterocycles. The molecule has 0 amide bonds. The maximum atomic E-state index is 8.58. The van der Waals surface area contributed by atoms with Crippen LogP contribution < -0.4 is 5.32 Å². The summed E-state index contributed by atoms with van der Waals surface area (Å²) in [5, 5.41) is 11.8. The van der Waals surface area contributed by atoms with Crippen LogP contribution in [0, 0.1) is 0 Å². The normalized spacial score (nSPS) is 10.1. The molecular weight excluding hydrogens is 244 g/mol. The number of hydrogen-bond acceptors (Lipinski definition) is 3. The number of aromatic nitrogens is 1. The van der Waals surface area contributed by atoms with Crippen molar-refractivity contribution in [2.45, 2.75) is 19.3 Å². The van der Waals surface area contributed by atoms with E-state index in [1.54, 1.807) is 0 Å². The first-order valence-corrected chi connectivity index (χ1v) is 5.59. The van der Waals surface area contributed by atoms with Crippen molar-refractivity contribution in [1.82, 2.24) is 4.98 Å². The number of rotatable bonds is 6. The van der Waals surface area contributed by atoms with E-state index < -0.39 is 0 Å². The lowest BCUT2D eigenvalue weighted by molar-refractivity contribution is 0.283. The summed E-state index contributed by atoms with van der Waals surface area (Å²) in [5.74, 6) is 0.892. The maximum absolute atomic E-state index is 8.58. The summed E-state index contributed by atoms with van der Waals surface area (Å²) in [4.78, 5) is 4.25. The summed E-state index contributed by atoms with van der Waals surface area (Å²) in [5.41, 5.74) is 0. The Bertz CT molecular complexity index is 268. The number of hydrogen-bond donors (Lipinski definition) is 2. The monoisotopic (exact) mass is 258 g/mol. The molecule has 0 saturated carbocycles. The number of aliphatic hydroxyl groups is 1. The van der Waals surface area contributed by atoms with Gasteiger partial charge in [-0.2, -0.15) is 0 Å². The largest absolute Gasteiger partial charge is 0.396 e. The molecule has 14 heavy (non-hydrogen) atoms. The van der Waals surface area contributed by atoms with Crippen LogP contribution >= 0.6 is 15.9 Å². The Morgan fingerprint density at radius 2 is 2.14 bits per heavy atom. The van der Waals surface area contributed by atoms with Crippen LogP contribution in [-0.2, 0) is 0 Å². The Kier molecular flexibility index (Phi) is 5.56. The third kappa shape index (κ3) is 4.58. The zero-order chi connectivity index (χ0) is 10.2. The van der Waals surface area contributed by atoms with Crippen LogP contribution in [-0.4, -0.2) is 23.2 Å². The second-order valence-corrected chi connectivity index (χ2v) is 3.87. The zero-order valence-electron chi connectivity index (χ0n) is 8.04. The summed E-state index contributed by atoms with van der Waals surface area (Å²) in [7, 11) is 0. The molecule has 0 aliphatic heterocycles. The fraction of sp³-hybridized carbons (Fsp3) is 0.500. The van der Waals surface area contributed by atoms with Crippen LogP contribution in [0.1, 0.15) is 19.3 Å². The number of aliphatic hydroxyl groups excluding tert-OH is 1. The molecule has 0 aliphatic carbocycles. The van der Waals surface area contributed by atoms with E-state index in [9.17, 15) is 0 Å². The summed E-state index contributed by atoms with van der Waals surface area (Å²) in [6.45, 7) is 1.19. The highest BCUT2D eigenvalue weighted by Crippen LogP contribution is 2.10. The molecule has 0 bridgehead atoms. The summed E-state index contributed by atoms with van der Waals surface area (Å²) in [6.07, 6.45) is 3.00. The van der Waals surface area contributed by atoms with Crippen molar-refractivity contribution >= 4 is 21.7 Å². The van der Waals surface area contributed by atoms with Gasteiger partial charge < -0.3 is 10.4 Å². The number of nitrogens with zero attached hydrogens (tertiary/aromatic N) is 1. The van der Waals surface area contributed by atoms with Crippen molar-refractivity contribution < 1.29 is 5.11 Å². The predicted molar refractivity (Wildman–Crippen MR) is 61.4 cm³/mol. The van der Waals surface area contributed by atoms with Gasteiger partial charge in [-0.15, -0.1) is 0 Å². The van der Waals surface area contributed by atoms with Gasteiger partial charge in [0.2, 0.25) is 0 Å². The minimum atomic E-state index is 0.287. The van der Waals surface area contributed by atoms with Crippen LogP contribution in [0.5, 0.6) is 0 Å². The van der Waals surface area contributed by atoms with Crippen molar-refractivity contribution in [2.75, 3.05) is 18.5 Å². The van der Waals surface area contributed by atoms with Crippen molar-refractivity contribution in [1.29, 1.82) is 0 Å². The van der Waals surface area contributed by atoms with Gasteiger partial charge in [0, 0.05) is 13.2 Å². The smallest absolute Gasteiger partial charge is 0.127 e. The molecule has 2 N–H and O–H groups in total. The quantitative estimate of drug-likeness (QED) is 0.609. The van der Waals surface area contributed by atoms with E-state index in [-0.39, 0.29) is 6.61 Å². The summed E-state index contributed by atoms with van der Waals surface area (Å²) in [6, 6.07) is 5.79. The van der Waals surface area contributed by atoms with Gasteiger partial charge in [-0.05, 0) is 47.3 Å². The third-order valence-electron chi connectivity index (χ3n) is 1.86. The van der Waals surface area contributed by atoms with Gasteiger partial charge in [0.25, 0.3) is 0 Å². The Labute approximate surface area is 92.7 Å². The Balaban J connectivity index is 2.18. The van der Waals surface area contributed by atoms with Crippen LogP contribution in [0.4, 0.5) is 5.82 Å². The van der Waals surface area contributed by atoms with Crippen LogP contribution in [0.3, 0.4) is 0 Å². The van der Waals surface area contributed by atoms with Gasteiger partial charge in [-0.3, -0.25) is 0 Å². The van der Waals surface area contributed by atoms with E-state index in [1.165, 1.54) is 0 Å². The second-order valence-electron chi connectivity index (χ2n) is 3.06. The Morgan fingerprint density at radius 1 is 1.29 bits per heavy atom. The fourth-order valence-corrected chi connectivity index (χ4v) is 1.48. The lowest BCUT2D eigenvalue weighted by Gasteiger charge is -2.04. The SMILES string of the molecule is OCCCCCNc1cccc(Br)n1. The number of nitrogens with one attached hydrogen (secondary N) is 1. The average Bonchev–Trinajstić information content (AvgIpc) is 2.18. The molecule has 1 aromatic rings. The van der Waals surface area contributed by atoms with Gasteiger partial charge in [-0.25, -0.2) is 4.98 Å². The maximum Gasteiger partial charge on any atom is 0.127 e. The van der Waals surface area contributed by atoms with E-state index in [0.717, 1.165) is 36.2 Å². The van der Waals surface area contributed by atoms with E-state index >= 15 is 0 Å². The molecule has 3 nitrogen and oxygen atoms in total. The number of anilines is 1. The first-order valence-electron chi connectivity index (χ1n) is 4.80. The summed E-state index contributed by atoms with van der Waals surface area (Å²) >= 11 is 3.31. The molecule has 0 aliphatic rings. The molecule has 0 atom stereocenters. The van der Waals surface area contributed by atoms with Crippen molar-refractivity contribution in [3.8, 4) is 0 Å². The molecule has 0 fully saturated rings. The van der Waals surface area contributed by atoms with Gasteiger partial charge in [0.1, 0.15) is 10.4 Å². The third-order valence-corrected chi connectivity index (χ3v) is 2.30. The molecule has 0 radical (unpaired) electrons. The zero-order valence-corrected chi connectivity index (χ0v) is 9.63. The molecular formula is C10H15BrN2O. The molecule has 78 valence electrons. The number of halogens is 1. The van der Waals surface area contributed by atoms with Gasteiger partial charge in [0.15, 0.2) is 0 Å². The van der Waals surface area contributed by atoms with Crippen molar-refractivity contribution in [3.63, 3.8) is 0 Å². The average molecular weight is 259 g/mol. The highest BCUT2D eigenvalue weighted by atomic mass is 79.9. The number of pyridine rings is 1. The van der Waals surface area contributed by atoms with E-state index in [1.807, 2.05) is 18.2 Å². The van der Waals surface area contributed by atoms with E-state index in [2.05, 4.69) is 26.2 Å². The molecule has 0 spiro atoms. The molecule has 4 heteroatoms.